The topological polar surface area (TPSA) is 72.0 Å². The zero-order valence-electron chi connectivity index (χ0n) is 9.56. The van der Waals surface area contributed by atoms with E-state index in [1.165, 1.54) is 7.11 Å². The lowest BCUT2D eigenvalue weighted by atomic mass is 10.1. The molecule has 2 rings (SSSR count). The first kappa shape index (κ1) is 11.3. The zero-order valence-corrected chi connectivity index (χ0v) is 9.56. The van der Waals surface area contributed by atoms with Gasteiger partial charge in [-0.3, -0.25) is 14.7 Å². The summed E-state index contributed by atoms with van der Waals surface area (Å²) in [6.07, 6.45) is 0. The molecule has 0 aliphatic carbocycles. The van der Waals surface area contributed by atoms with E-state index in [1.807, 2.05) is 6.07 Å². The van der Waals surface area contributed by atoms with Gasteiger partial charge in [0.25, 0.3) is 0 Å². The summed E-state index contributed by atoms with van der Waals surface area (Å²) in [4.78, 5) is 23.5. The summed E-state index contributed by atoms with van der Waals surface area (Å²) < 4.78 is 4.60. The molecule has 0 saturated heterocycles. The molecule has 0 amide bonds. The van der Waals surface area contributed by atoms with Gasteiger partial charge in [-0.1, -0.05) is 12.1 Å². The summed E-state index contributed by atoms with van der Waals surface area (Å²) in [5.74, 6) is -1.15. The normalized spacial score (nSPS) is 12.4. The van der Waals surface area contributed by atoms with E-state index in [2.05, 4.69) is 14.9 Å². The van der Waals surface area contributed by atoms with E-state index in [1.54, 1.807) is 25.1 Å². The van der Waals surface area contributed by atoms with Crippen molar-refractivity contribution in [3.63, 3.8) is 0 Å². The van der Waals surface area contributed by atoms with Crippen LogP contribution in [0.25, 0.3) is 10.9 Å². The quantitative estimate of drug-likeness (QED) is 0.790. The van der Waals surface area contributed by atoms with E-state index in [0.717, 1.165) is 0 Å². The molecule has 88 valence electrons. The van der Waals surface area contributed by atoms with Gasteiger partial charge in [-0.05, 0) is 19.1 Å². The van der Waals surface area contributed by atoms with Gasteiger partial charge >= 0.3 is 5.97 Å². The summed E-state index contributed by atoms with van der Waals surface area (Å²) in [5, 5.41) is 7.22. The molecule has 0 aliphatic heterocycles. The van der Waals surface area contributed by atoms with Crippen LogP contribution in [-0.4, -0.2) is 23.3 Å². The van der Waals surface area contributed by atoms with Crippen molar-refractivity contribution >= 4 is 16.9 Å². The maximum Gasteiger partial charge on any atom is 0.314 e. The van der Waals surface area contributed by atoms with Crippen LogP contribution in [0.5, 0.6) is 0 Å². The van der Waals surface area contributed by atoms with Gasteiger partial charge < -0.3 is 4.74 Å². The highest BCUT2D eigenvalue weighted by Gasteiger charge is 2.21. The SMILES string of the molecule is COC(=O)C(C)c1n[nH]c2ccccc2c1=O. The summed E-state index contributed by atoms with van der Waals surface area (Å²) >= 11 is 0. The highest BCUT2D eigenvalue weighted by molar-refractivity contribution is 5.81. The van der Waals surface area contributed by atoms with Gasteiger partial charge in [0.2, 0.25) is 5.43 Å². The molecule has 0 radical (unpaired) electrons. The Bertz CT molecular complexity index is 618. The number of aromatic nitrogens is 2. The van der Waals surface area contributed by atoms with Gasteiger partial charge in [-0.15, -0.1) is 0 Å². The molecule has 1 aromatic carbocycles. The number of methoxy groups -OCH3 is 1. The Kier molecular flexibility index (Phi) is 2.91. The van der Waals surface area contributed by atoms with Gasteiger partial charge in [0.05, 0.1) is 12.6 Å². The van der Waals surface area contributed by atoms with Crippen LogP contribution < -0.4 is 5.43 Å². The molecule has 0 fully saturated rings. The lowest BCUT2D eigenvalue weighted by molar-refractivity contribution is -0.142. The number of fused-ring (bicyclic) bond motifs is 1. The molecular formula is C12H12N2O3. The Hall–Kier alpha value is -2.17. The first-order valence-electron chi connectivity index (χ1n) is 5.20. The number of hydrogen-bond acceptors (Lipinski definition) is 4. The Morgan fingerprint density at radius 3 is 2.82 bits per heavy atom. The number of benzene rings is 1. The second-order valence-electron chi connectivity index (χ2n) is 3.73. The molecule has 1 N–H and O–H groups in total. The number of hydrogen-bond donors (Lipinski definition) is 1. The molecule has 1 aromatic heterocycles. The van der Waals surface area contributed by atoms with Crippen LogP contribution in [-0.2, 0) is 9.53 Å². The molecule has 0 bridgehead atoms. The predicted octanol–water partition coefficient (Wildman–Crippen LogP) is 1.20. The lowest BCUT2D eigenvalue weighted by Gasteiger charge is -2.08. The molecule has 0 spiro atoms. The summed E-state index contributed by atoms with van der Waals surface area (Å²) in [5.41, 5.74) is 0.589. The Morgan fingerprint density at radius 1 is 1.41 bits per heavy atom. The Morgan fingerprint density at radius 2 is 2.12 bits per heavy atom. The minimum absolute atomic E-state index is 0.176. The van der Waals surface area contributed by atoms with Crippen LogP contribution in [0, 0.1) is 0 Å². The molecule has 1 unspecified atom stereocenters. The zero-order chi connectivity index (χ0) is 12.4. The highest BCUT2D eigenvalue weighted by Crippen LogP contribution is 2.12. The summed E-state index contributed by atoms with van der Waals surface area (Å²) in [6, 6.07) is 7.03. The maximum absolute atomic E-state index is 12.1. The minimum Gasteiger partial charge on any atom is -0.469 e. The Labute approximate surface area is 97.4 Å². The number of rotatable bonds is 2. The van der Waals surface area contributed by atoms with Gasteiger partial charge in [-0.2, -0.15) is 5.10 Å². The molecule has 1 heterocycles. The number of esters is 1. The lowest BCUT2D eigenvalue weighted by Crippen LogP contribution is -2.22. The number of nitrogens with one attached hydrogen (secondary N) is 1. The van der Waals surface area contributed by atoms with Gasteiger partial charge in [-0.25, -0.2) is 0 Å². The van der Waals surface area contributed by atoms with Crippen molar-refractivity contribution in [2.24, 2.45) is 0 Å². The van der Waals surface area contributed by atoms with E-state index < -0.39 is 11.9 Å². The third-order valence-corrected chi connectivity index (χ3v) is 2.67. The van der Waals surface area contributed by atoms with Gasteiger partial charge in [0, 0.05) is 5.39 Å². The third kappa shape index (κ3) is 1.91. The standard InChI is InChI=1S/C12H12N2O3/c1-7(12(16)17-2)10-11(15)8-5-3-4-6-9(8)13-14-10/h3-7H,1-2H3,(H,13,15). The van der Waals surface area contributed by atoms with Crippen molar-refractivity contribution in [3.05, 3.63) is 40.2 Å². The highest BCUT2D eigenvalue weighted by atomic mass is 16.5. The smallest absolute Gasteiger partial charge is 0.314 e. The minimum atomic E-state index is -0.673. The number of carbonyl (C=O) groups is 1. The molecule has 5 heteroatoms. The number of carbonyl (C=O) groups excluding carboxylic acids is 1. The molecule has 17 heavy (non-hydrogen) atoms. The molecule has 5 nitrogen and oxygen atoms in total. The van der Waals surface area contributed by atoms with Crippen LogP contribution in [0.4, 0.5) is 0 Å². The molecule has 0 aliphatic rings. The average Bonchev–Trinajstić information content (AvgIpc) is 2.38. The van der Waals surface area contributed by atoms with Crippen molar-refractivity contribution in [1.29, 1.82) is 0 Å². The van der Waals surface area contributed by atoms with Crippen molar-refractivity contribution < 1.29 is 9.53 Å². The van der Waals surface area contributed by atoms with E-state index in [4.69, 9.17) is 0 Å². The van der Waals surface area contributed by atoms with Crippen LogP contribution in [0.2, 0.25) is 0 Å². The number of H-pyrrole nitrogens is 1. The second kappa shape index (κ2) is 4.37. The fraction of sp³-hybridized carbons (Fsp3) is 0.250. The van der Waals surface area contributed by atoms with Gasteiger partial charge in [0.15, 0.2) is 0 Å². The number of para-hydroxylation sites is 1. The monoisotopic (exact) mass is 232 g/mol. The number of ether oxygens (including phenoxy) is 1. The summed E-state index contributed by atoms with van der Waals surface area (Å²) in [7, 11) is 1.29. The number of nitrogens with zero attached hydrogens (tertiary/aromatic N) is 1. The van der Waals surface area contributed by atoms with Gasteiger partial charge in [0.1, 0.15) is 11.6 Å². The van der Waals surface area contributed by atoms with Crippen molar-refractivity contribution in [1.82, 2.24) is 10.2 Å². The summed E-state index contributed by atoms with van der Waals surface area (Å²) in [6.45, 7) is 1.60. The van der Waals surface area contributed by atoms with E-state index in [0.29, 0.717) is 10.9 Å². The fourth-order valence-corrected chi connectivity index (χ4v) is 1.67. The largest absolute Gasteiger partial charge is 0.469 e. The fourth-order valence-electron chi connectivity index (χ4n) is 1.67. The van der Waals surface area contributed by atoms with Crippen LogP contribution in [0.15, 0.2) is 29.1 Å². The molecular weight excluding hydrogens is 220 g/mol. The predicted molar refractivity (Wildman–Crippen MR) is 62.8 cm³/mol. The van der Waals surface area contributed by atoms with Crippen LogP contribution in [0.3, 0.4) is 0 Å². The molecule has 0 saturated carbocycles. The van der Waals surface area contributed by atoms with E-state index >= 15 is 0 Å². The first-order valence-corrected chi connectivity index (χ1v) is 5.20. The van der Waals surface area contributed by atoms with Crippen molar-refractivity contribution in [2.75, 3.05) is 7.11 Å². The molecule has 2 aromatic rings. The van der Waals surface area contributed by atoms with Crippen molar-refractivity contribution in [3.8, 4) is 0 Å². The second-order valence-corrected chi connectivity index (χ2v) is 3.73. The number of aromatic amines is 1. The van der Waals surface area contributed by atoms with Crippen LogP contribution >= 0.6 is 0 Å². The average molecular weight is 232 g/mol. The first-order chi connectivity index (χ1) is 8.15. The maximum atomic E-state index is 12.1. The van der Waals surface area contributed by atoms with Crippen molar-refractivity contribution in [2.45, 2.75) is 12.8 Å². The van der Waals surface area contributed by atoms with E-state index in [-0.39, 0.29) is 11.1 Å². The van der Waals surface area contributed by atoms with E-state index in [9.17, 15) is 9.59 Å². The molecule has 1 atom stereocenters. The van der Waals surface area contributed by atoms with Crippen LogP contribution in [0.1, 0.15) is 18.5 Å². The third-order valence-electron chi connectivity index (χ3n) is 2.67. The Balaban J connectivity index is 2.61.